The molecule has 0 bridgehead atoms. The van der Waals surface area contributed by atoms with Gasteiger partial charge in [-0.3, -0.25) is 39.6 Å². The van der Waals surface area contributed by atoms with Gasteiger partial charge in [0, 0.05) is 39.3 Å². The van der Waals surface area contributed by atoms with Crippen LogP contribution < -0.4 is 33.5 Å². The van der Waals surface area contributed by atoms with Crippen molar-refractivity contribution in [2.45, 2.75) is 309 Å². The lowest BCUT2D eigenvalue weighted by Crippen LogP contribution is -2.49. The fourth-order valence-corrected chi connectivity index (χ4v) is 12.7. The number of methoxy groups -OCH3 is 1. The van der Waals surface area contributed by atoms with Crippen LogP contribution in [0, 0.1) is 11.3 Å². The van der Waals surface area contributed by atoms with Gasteiger partial charge in [0.15, 0.2) is 17.5 Å². The van der Waals surface area contributed by atoms with Crippen molar-refractivity contribution in [3.8, 4) is 6.07 Å². The number of carbonyl (C=O) groups excluding carboxylic acids is 8. The SMILES string of the molecule is CC(C)(C)OC(=O)N1CCC[C@H]1/C(N)=N/O.CC(C)(C)OC(=O)N1CCC[C@H]1C#N.CC(C)(C)OC(=O)N1CCC[C@H]1C(=O)NN.CC(C)(C)OC(=O)N1CCC[C@H]1c1ncon1.CC(C)(C)OC(=O)N1CCC[C@H]1c1nnco1.COC(=O)[C@@H]1CCCN1C(=O)OC(C)(C)C.Cl.NO.c1nc([C@@H]2CCCN2)no1.c1nnc([C@@H]2CCCN2)o1. The molecule has 12 heterocycles. The first-order valence-corrected chi connectivity index (χ1v) is 39.6. The summed E-state index contributed by atoms with van der Waals surface area (Å²) in [5.41, 5.74) is 4.50. The highest BCUT2D eigenvalue weighted by Gasteiger charge is 2.42. The number of rotatable bonds is 7. The van der Waals surface area contributed by atoms with E-state index in [1.807, 2.05) is 62.3 Å². The molecule has 8 aliphatic rings. The Morgan fingerprint density at radius 3 is 1.22 bits per heavy atom. The van der Waals surface area contributed by atoms with Crippen LogP contribution in [0.1, 0.15) is 275 Å². The molecule has 8 atom stereocenters. The minimum absolute atomic E-state index is 0. The quantitative estimate of drug-likeness (QED) is 0.0125. The van der Waals surface area contributed by atoms with E-state index in [-0.39, 0.29) is 72.6 Å². The molecule has 4 aromatic heterocycles. The topological polar surface area (TPSA) is 567 Å². The minimum Gasteiger partial charge on any atom is -0.467 e. The maximum atomic E-state index is 12.0. The molecule has 8 aliphatic heterocycles. The predicted molar refractivity (Wildman–Crippen MR) is 427 cm³/mol. The van der Waals surface area contributed by atoms with E-state index in [2.05, 4.69) is 83.1 Å². The van der Waals surface area contributed by atoms with Crippen LogP contribution in [0.15, 0.2) is 48.6 Å². The zero-order chi connectivity index (χ0) is 88.4. The summed E-state index contributed by atoms with van der Waals surface area (Å²) in [5.74, 6) is 10.4. The smallest absolute Gasteiger partial charge is 0.411 e. The third kappa shape index (κ3) is 36.6. The van der Waals surface area contributed by atoms with Gasteiger partial charge in [-0.05, 0) is 240 Å². The number of nitrogens with one attached hydrogen (secondary N) is 3. The molecule has 0 radical (unpaired) electrons. The standard InChI is InChI=1S/2C11H17N3O3.C11H19NO4.2C10H19N3O3.C10H16N2O2.2C6H9N3O.ClH.H3NO/c1-11(2,3)17-10(15)14-6-4-5-8(14)9-13-12-7-16-9;1-11(2,3)17-10(15)14-6-4-5-8(14)9-12-7-16-13-9;1-11(2,3)16-10(14)12-7-5-6-8(12)9(13)15-4;1-10(2,3)16-9(15)13-6-4-5-7(13)8(14)12-11;1-10(2,3)16-9(14)13-6-4-5-7(13)8(11)12-15;1-10(2,3)14-9(13)12-6-4-5-8(12)7-11;1-2-5(7-3-1)6-9-8-4-10-6;1-2-5(7-3-1)6-8-4-10-9-6;;1-2/h2*7-8H,4-6H2,1-3H3;8H,5-7H2,1-4H3;7H,4-6,11H2,1-3H3,(H,12,14);7,15H,4-6H2,1-3H3,(H2,11,12);8H,4-6H2,1-3H3;2*4-5,7H,1-3H2;1H;2H,1H2/t3*8-;2*7-;8-;2*5-;;/m00000000../s1. The Morgan fingerprint density at radius 2 is 0.832 bits per heavy atom. The van der Waals surface area contributed by atoms with Crippen molar-refractivity contribution in [1.82, 2.24) is 86.1 Å². The first-order chi connectivity index (χ1) is 55.4. The molecule has 11 N–H and O–H groups in total. The van der Waals surface area contributed by atoms with Gasteiger partial charge in [0.2, 0.25) is 37.4 Å². The summed E-state index contributed by atoms with van der Waals surface area (Å²) in [4.78, 5) is 111. The molecule has 8 fully saturated rings. The van der Waals surface area contributed by atoms with Crippen LogP contribution in [-0.4, -0.2) is 252 Å². The third-order valence-electron chi connectivity index (χ3n) is 17.6. The summed E-state index contributed by atoms with van der Waals surface area (Å²) in [6.07, 6.45) is 17.2. The van der Waals surface area contributed by atoms with Gasteiger partial charge >= 0.3 is 42.5 Å². The van der Waals surface area contributed by atoms with Gasteiger partial charge in [-0.25, -0.2) is 45.3 Å². The number of aromatic nitrogens is 8. The Balaban J connectivity index is 0.000000352. The van der Waals surface area contributed by atoms with Crippen LogP contribution in [0.2, 0.25) is 0 Å². The molecule has 0 aliphatic carbocycles. The second-order valence-electron chi connectivity index (χ2n) is 34.1. The van der Waals surface area contributed by atoms with Crippen LogP contribution in [0.5, 0.6) is 0 Å². The Labute approximate surface area is 701 Å². The van der Waals surface area contributed by atoms with Crippen LogP contribution >= 0.6 is 12.4 Å². The van der Waals surface area contributed by atoms with Gasteiger partial charge in [0.05, 0.1) is 37.3 Å². The number of nitrogens with zero attached hydrogens (tertiary/aromatic N) is 16. The number of amides is 7. The molecule has 4 aromatic rings. The number of oxime groups is 1. The van der Waals surface area contributed by atoms with Gasteiger partial charge in [0.25, 0.3) is 5.91 Å². The normalized spacial score (nSPS) is 21.4. The van der Waals surface area contributed by atoms with Crippen LogP contribution in [0.3, 0.4) is 0 Å². The molecule has 8 saturated heterocycles. The molecule has 44 heteroatoms. The fourth-order valence-electron chi connectivity index (χ4n) is 12.7. The summed E-state index contributed by atoms with van der Waals surface area (Å²) < 4.78 is 55.8. The maximum Gasteiger partial charge on any atom is 0.411 e. The second-order valence-corrected chi connectivity index (χ2v) is 34.1. The van der Waals surface area contributed by atoms with Gasteiger partial charge in [-0.2, -0.15) is 15.2 Å². The highest BCUT2D eigenvalue weighted by molar-refractivity contribution is 5.89. The van der Waals surface area contributed by atoms with Crippen LogP contribution in [0.25, 0.3) is 0 Å². The van der Waals surface area contributed by atoms with E-state index in [0.717, 1.165) is 95.4 Å². The molecule has 0 spiro atoms. The van der Waals surface area contributed by atoms with Crippen molar-refractivity contribution >= 4 is 66.7 Å². The average Bonchev–Trinajstić information content (AvgIpc) is 1.72. The number of carbonyl (C=O) groups is 8. The van der Waals surface area contributed by atoms with Gasteiger partial charge in [-0.15, -0.1) is 32.8 Å². The molecular formula is C75H129ClN22O21. The molecule has 12 rings (SSSR count). The molecular weight excluding hydrogens is 1580 g/mol. The monoisotopic (exact) mass is 1710 g/mol. The van der Waals surface area contributed by atoms with Crippen molar-refractivity contribution in [2.24, 2.45) is 22.6 Å². The van der Waals surface area contributed by atoms with E-state index in [0.29, 0.717) is 82.3 Å². The van der Waals surface area contributed by atoms with Crippen LogP contribution in [-0.2, 0) is 42.7 Å². The number of hydrogen-bond donors (Lipinski definition) is 8. The highest BCUT2D eigenvalue weighted by atomic mass is 35.5. The summed E-state index contributed by atoms with van der Waals surface area (Å²) >= 11 is 0. The number of hydrazine groups is 1. The van der Waals surface area contributed by atoms with Crippen LogP contribution in [0.4, 0.5) is 28.8 Å². The Morgan fingerprint density at radius 1 is 0.479 bits per heavy atom. The molecule has 0 unspecified atom stereocenters. The Bertz CT molecular complexity index is 3530. The minimum atomic E-state index is -0.552. The largest absolute Gasteiger partial charge is 0.467 e. The highest BCUT2D eigenvalue weighted by Crippen LogP contribution is 2.34. The van der Waals surface area contributed by atoms with E-state index in [9.17, 15) is 38.4 Å². The zero-order valence-corrected chi connectivity index (χ0v) is 73.2. The number of likely N-dealkylation sites (tertiary alicyclic amines) is 6. The lowest BCUT2D eigenvalue weighted by Gasteiger charge is -2.27. The van der Waals surface area contributed by atoms with Crippen molar-refractivity contribution in [3.63, 3.8) is 0 Å². The molecule has 7 amide bonds. The summed E-state index contributed by atoms with van der Waals surface area (Å²) in [5, 5.41) is 55.8. The molecule has 672 valence electrons. The van der Waals surface area contributed by atoms with Crippen molar-refractivity contribution in [2.75, 3.05) is 59.5 Å². The number of halogens is 1. The number of esters is 1. The molecule has 119 heavy (non-hydrogen) atoms. The first-order valence-electron chi connectivity index (χ1n) is 39.6. The summed E-state index contributed by atoms with van der Waals surface area (Å²) in [7, 11) is 1.33. The first kappa shape index (κ1) is 103. The lowest BCUT2D eigenvalue weighted by molar-refractivity contribution is -0.145. The lowest BCUT2D eigenvalue weighted by atomic mass is 10.2. The summed E-state index contributed by atoms with van der Waals surface area (Å²) in [6.45, 7) is 38.5. The van der Waals surface area contributed by atoms with E-state index >= 15 is 0 Å². The van der Waals surface area contributed by atoms with Crippen molar-refractivity contribution in [1.29, 1.82) is 5.26 Å². The van der Waals surface area contributed by atoms with Gasteiger partial charge in [-0.1, -0.05) is 15.5 Å². The Hall–Kier alpha value is -10.0. The summed E-state index contributed by atoms with van der Waals surface area (Å²) in [6, 6.07) is 0.843. The molecule has 43 nitrogen and oxygen atoms in total. The second kappa shape index (κ2) is 48.9. The number of nitrogens with two attached hydrogens (primary N) is 3. The number of amidine groups is 1. The Kier molecular flexibility index (Phi) is 42.4. The van der Waals surface area contributed by atoms with E-state index in [1.54, 1.807) is 72.1 Å². The maximum absolute atomic E-state index is 12.0. The number of ether oxygens (including phenoxy) is 7. The predicted octanol–water partition coefficient (Wildman–Crippen LogP) is 10.0. The third-order valence-corrected chi connectivity index (χ3v) is 17.6. The molecule has 0 saturated carbocycles. The van der Waals surface area contributed by atoms with E-state index in [1.165, 1.54) is 65.1 Å². The van der Waals surface area contributed by atoms with Gasteiger partial charge < -0.3 is 77.8 Å². The van der Waals surface area contributed by atoms with Crippen molar-refractivity contribution < 1.29 is 99.8 Å². The number of nitriles is 1. The zero-order valence-electron chi connectivity index (χ0n) is 72.3. The van der Waals surface area contributed by atoms with Crippen molar-refractivity contribution in [3.05, 3.63) is 49.0 Å². The van der Waals surface area contributed by atoms with Gasteiger partial charge in [0.1, 0.15) is 57.8 Å². The van der Waals surface area contributed by atoms with E-state index < -0.39 is 64.0 Å². The fraction of sp³-hybridized carbons (Fsp3) is 0.760. The average molecular weight is 1710 g/mol. The molecule has 0 aromatic carbocycles. The number of hydrogen-bond acceptors (Lipinski definition) is 35. The van der Waals surface area contributed by atoms with E-state index in [4.69, 9.17) is 69.0 Å².